The highest BCUT2D eigenvalue weighted by Gasteiger charge is 2.38. The average molecular weight is 209 g/mol. The van der Waals surface area contributed by atoms with E-state index in [0.29, 0.717) is 5.41 Å². The second-order valence-electron chi connectivity index (χ2n) is 7.17. The fraction of sp³-hybridized carbons (Fsp3) is 1.00. The molecule has 1 unspecified atom stereocenters. The van der Waals surface area contributed by atoms with Crippen LogP contribution < -0.4 is 0 Å². The van der Waals surface area contributed by atoms with Crippen molar-refractivity contribution in [1.29, 1.82) is 0 Å². The molecule has 0 aromatic heterocycles. The highest BCUT2D eigenvalue weighted by Crippen LogP contribution is 2.41. The van der Waals surface area contributed by atoms with Gasteiger partial charge in [0, 0.05) is 13.1 Å². The first kappa shape index (κ1) is 11.4. The minimum atomic E-state index is 0.505. The lowest BCUT2D eigenvalue weighted by atomic mass is 9.92. The summed E-state index contributed by atoms with van der Waals surface area (Å²) >= 11 is 0. The van der Waals surface area contributed by atoms with Gasteiger partial charge in [-0.2, -0.15) is 0 Å². The fourth-order valence-corrected chi connectivity index (χ4v) is 3.38. The van der Waals surface area contributed by atoms with E-state index in [1.807, 2.05) is 0 Å². The van der Waals surface area contributed by atoms with Crippen molar-refractivity contribution < 1.29 is 0 Å². The van der Waals surface area contributed by atoms with Crippen molar-refractivity contribution in [3.63, 3.8) is 0 Å². The third kappa shape index (κ3) is 2.96. The van der Waals surface area contributed by atoms with Crippen molar-refractivity contribution >= 4 is 0 Å². The molecule has 3 atom stereocenters. The van der Waals surface area contributed by atoms with Gasteiger partial charge in [0.25, 0.3) is 0 Å². The molecular formula is C14H27N. The normalized spacial score (nSPS) is 37.2. The van der Waals surface area contributed by atoms with Crippen LogP contribution in [0.15, 0.2) is 0 Å². The van der Waals surface area contributed by atoms with Gasteiger partial charge >= 0.3 is 0 Å². The molecule has 1 aliphatic heterocycles. The molecule has 2 fully saturated rings. The van der Waals surface area contributed by atoms with Crippen LogP contribution in [0.25, 0.3) is 0 Å². The van der Waals surface area contributed by atoms with Gasteiger partial charge in [-0.15, -0.1) is 0 Å². The molecule has 1 heterocycles. The number of hydrogen-bond donors (Lipinski definition) is 0. The van der Waals surface area contributed by atoms with E-state index in [-0.39, 0.29) is 0 Å². The molecule has 0 amide bonds. The van der Waals surface area contributed by atoms with E-state index in [2.05, 4.69) is 32.6 Å². The van der Waals surface area contributed by atoms with Gasteiger partial charge in [0.05, 0.1) is 0 Å². The molecule has 2 aliphatic rings. The highest BCUT2D eigenvalue weighted by atomic mass is 15.2. The summed E-state index contributed by atoms with van der Waals surface area (Å²) in [7, 11) is 0. The van der Waals surface area contributed by atoms with E-state index in [0.717, 1.165) is 17.8 Å². The summed E-state index contributed by atoms with van der Waals surface area (Å²) in [6.45, 7) is 13.6. The van der Waals surface area contributed by atoms with Crippen molar-refractivity contribution in [2.45, 2.75) is 47.0 Å². The van der Waals surface area contributed by atoms with Crippen LogP contribution in [0.1, 0.15) is 47.0 Å². The maximum Gasteiger partial charge on any atom is 0.00130 e. The Morgan fingerprint density at radius 1 is 1.07 bits per heavy atom. The summed E-state index contributed by atoms with van der Waals surface area (Å²) < 4.78 is 0. The zero-order chi connectivity index (χ0) is 11.1. The zero-order valence-corrected chi connectivity index (χ0v) is 10.9. The second kappa shape index (κ2) is 4.08. The summed E-state index contributed by atoms with van der Waals surface area (Å²) in [6, 6.07) is 0. The molecular weight excluding hydrogens is 182 g/mol. The first-order valence-corrected chi connectivity index (χ1v) is 6.66. The first-order chi connectivity index (χ1) is 6.94. The highest BCUT2D eigenvalue weighted by molar-refractivity contribution is 4.91. The van der Waals surface area contributed by atoms with E-state index in [9.17, 15) is 0 Å². The molecule has 1 aliphatic carbocycles. The van der Waals surface area contributed by atoms with Crippen molar-refractivity contribution in [3.05, 3.63) is 0 Å². The minimum Gasteiger partial charge on any atom is -0.303 e. The Labute approximate surface area is 95.2 Å². The smallest absolute Gasteiger partial charge is 0.00130 e. The minimum absolute atomic E-state index is 0.505. The molecule has 1 saturated carbocycles. The standard InChI is InChI=1S/C14H27N/c1-11-7-12-9-15(10-13(12)8-11)6-5-14(2,3)4/h11-13H,5-10H2,1-4H3/t11?,12-,13+. The molecule has 0 N–H and O–H groups in total. The lowest BCUT2D eigenvalue weighted by Crippen LogP contribution is -2.26. The summed E-state index contributed by atoms with van der Waals surface area (Å²) in [4.78, 5) is 2.71. The van der Waals surface area contributed by atoms with E-state index in [4.69, 9.17) is 0 Å². The van der Waals surface area contributed by atoms with Gasteiger partial charge in [-0.1, -0.05) is 27.7 Å². The third-order valence-electron chi connectivity index (χ3n) is 4.24. The van der Waals surface area contributed by atoms with Gasteiger partial charge in [0.15, 0.2) is 0 Å². The number of likely N-dealkylation sites (tertiary alicyclic amines) is 1. The van der Waals surface area contributed by atoms with Crippen LogP contribution in [0.5, 0.6) is 0 Å². The Morgan fingerprint density at radius 3 is 2.07 bits per heavy atom. The summed E-state index contributed by atoms with van der Waals surface area (Å²) in [5.74, 6) is 3.09. The Hall–Kier alpha value is -0.0400. The van der Waals surface area contributed by atoms with E-state index < -0.39 is 0 Å². The Kier molecular flexibility index (Phi) is 3.12. The summed E-state index contributed by atoms with van der Waals surface area (Å²) in [5.41, 5.74) is 0.505. The number of nitrogens with zero attached hydrogens (tertiary/aromatic N) is 1. The molecule has 1 nitrogen and oxygen atoms in total. The summed E-state index contributed by atoms with van der Waals surface area (Å²) in [6.07, 6.45) is 4.34. The van der Waals surface area contributed by atoms with Gasteiger partial charge in [-0.05, 0) is 49.0 Å². The first-order valence-electron chi connectivity index (χ1n) is 6.66. The molecule has 0 radical (unpaired) electrons. The van der Waals surface area contributed by atoms with E-state index in [1.165, 1.54) is 38.9 Å². The van der Waals surface area contributed by atoms with Crippen LogP contribution in [-0.2, 0) is 0 Å². The second-order valence-corrected chi connectivity index (χ2v) is 7.17. The lowest BCUT2D eigenvalue weighted by molar-refractivity contribution is 0.246. The van der Waals surface area contributed by atoms with Gasteiger partial charge in [-0.3, -0.25) is 0 Å². The number of rotatable bonds is 2. The summed E-state index contributed by atoms with van der Waals surface area (Å²) in [5, 5.41) is 0. The fourth-order valence-electron chi connectivity index (χ4n) is 3.38. The predicted molar refractivity (Wildman–Crippen MR) is 65.9 cm³/mol. The van der Waals surface area contributed by atoms with Gasteiger partial charge < -0.3 is 4.90 Å². The van der Waals surface area contributed by atoms with Crippen molar-refractivity contribution in [1.82, 2.24) is 4.90 Å². The quantitative estimate of drug-likeness (QED) is 0.674. The van der Waals surface area contributed by atoms with Crippen LogP contribution >= 0.6 is 0 Å². The van der Waals surface area contributed by atoms with Crippen LogP contribution in [0, 0.1) is 23.2 Å². The van der Waals surface area contributed by atoms with Crippen molar-refractivity contribution in [2.75, 3.05) is 19.6 Å². The SMILES string of the molecule is CC1C[C@@H]2CN(CCC(C)(C)C)C[C@@H]2C1. The van der Waals surface area contributed by atoms with Gasteiger partial charge in [0.1, 0.15) is 0 Å². The zero-order valence-electron chi connectivity index (χ0n) is 10.9. The van der Waals surface area contributed by atoms with Crippen molar-refractivity contribution in [3.8, 4) is 0 Å². The topological polar surface area (TPSA) is 3.24 Å². The Balaban J connectivity index is 1.75. The molecule has 1 saturated heterocycles. The third-order valence-corrected chi connectivity index (χ3v) is 4.24. The van der Waals surface area contributed by atoms with Crippen molar-refractivity contribution in [2.24, 2.45) is 23.2 Å². The van der Waals surface area contributed by atoms with Crippen LogP contribution in [0.2, 0.25) is 0 Å². The Morgan fingerprint density at radius 2 is 1.60 bits per heavy atom. The average Bonchev–Trinajstić information content (AvgIpc) is 2.55. The van der Waals surface area contributed by atoms with Gasteiger partial charge in [0.2, 0.25) is 0 Å². The lowest BCUT2D eigenvalue weighted by Gasteiger charge is -2.24. The molecule has 2 rings (SSSR count). The Bertz CT molecular complexity index is 202. The maximum absolute atomic E-state index is 2.71. The molecule has 15 heavy (non-hydrogen) atoms. The molecule has 1 heteroatoms. The largest absolute Gasteiger partial charge is 0.303 e. The maximum atomic E-state index is 2.71. The molecule has 0 spiro atoms. The van der Waals surface area contributed by atoms with E-state index in [1.54, 1.807) is 0 Å². The van der Waals surface area contributed by atoms with Crippen LogP contribution in [-0.4, -0.2) is 24.5 Å². The van der Waals surface area contributed by atoms with Crippen LogP contribution in [0.4, 0.5) is 0 Å². The van der Waals surface area contributed by atoms with E-state index >= 15 is 0 Å². The number of fused-ring (bicyclic) bond motifs is 1. The predicted octanol–water partition coefficient (Wildman–Crippen LogP) is 3.40. The molecule has 0 aromatic carbocycles. The molecule has 0 bridgehead atoms. The number of hydrogen-bond acceptors (Lipinski definition) is 1. The monoisotopic (exact) mass is 209 g/mol. The molecule has 88 valence electrons. The molecule has 0 aromatic rings. The van der Waals surface area contributed by atoms with Crippen LogP contribution in [0.3, 0.4) is 0 Å². The van der Waals surface area contributed by atoms with Gasteiger partial charge in [-0.25, -0.2) is 0 Å².